The lowest BCUT2D eigenvalue weighted by Gasteiger charge is -2.18. The van der Waals surface area contributed by atoms with Crippen molar-refractivity contribution in [1.29, 1.82) is 0 Å². The van der Waals surface area contributed by atoms with E-state index in [1.54, 1.807) is 24.1 Å². The Hall–Kier alpha value is -0.590. The number of ether oxygens (including phenoxy) is 1. The molecule has 0 spiro atoms. The molecule has 0 amide bonds. The molecular formula is C15H20ClNO3S2. The summed E-state index contributed by atoms with van der Waals surface area (Å²) in [5.41, 5.74) is 0.366. The summed E-state index contributed by atoms with van der Waals surface area (Å²) in [5, 5.41) is 1.80. The SMILES string of the molecule is CCOC(=O)c1csc(SCCC2[C@H](Cl)C[C@@H](C)[C@@H]2C=O)n1. The van der Waals surface area contributed by atoms with Crippen LogP contribution in [0.2, 0.25) is 0 Å². The molecule has 0 aromatic carbocycles. The van der Waals surface area contributed by atoms with Gasteiger partial charge in [-0.1, -0.05) is 18.7 Å². The zero-order chi connectivity index (χ0) is 16.1. The van der Waals surface area contributed by atoms with Crippen LogP contribution in [0.15, 0.2) is 9.72 Å². The van der Waals surface area contributed by atoms with E-state index in [0.717, 1.165) is 29.2 Å². The molecular weight excluding hydrogens is 342 g/mol. The van der Waals surface area contributed by atoms with Crippen LogP contribution in [0.1, 0.15) is 37.2 Å². The van der Waals surface area contributed by atoms with Gasteiger partial charge < -0.3 is 9.53 Å². The first-order valence-corrected chi connectivity index (χ1v) is 9.71. The van der Waals surface area contributed by atoms with Crippen LogP contribution in [0.3, 0.4) is 0 Å². The lowest BCUT2D eigenvalue weighted by atomic mass is 9.90. The number of thiazole rings is 1. The summed E-state index contributed by atoms with van der Waals surface area (Å²) in [7, 11) is 0. The van der Waals surface area contributed by atoms with Gasteiger partial charge in [0.1, 0.15) is 6.29 Å². The highest BCUT2D eigenvalue weighted by molar-refractivity contribution is 8.01. The third-order valence-electron chi connectivity index (χ3n) is 4.01. The largest absolute Gasteiger partial charge is 0.461 e. The molecule has 1 saturated carbocycles. The number of hydrogen-bond donors (Lipinski definition) is 0. The van der Waals surface area contributed by atoms with Crippen molar-refractivity contribution in [2.24, 2.45) is 17.8 Å². The minimum atomic E-state index is -0.378. The lowest BCUT2D eigenvalue weighted by Crippen LogP contribution is -2.19. The van der Waals surface area contributed by atoms with Crippen LogP contribution in [-0.2, 0) is 9.53 Å². The molecule has 4 atom stereocenters. The number of nitrogens with zero attached hydrogens (tertiary/aromatic N) is 1. The summed E-state index contributed by atoms with van der Waals surface area (Å²) in [5.74, 6) is 1.14. The molecule has 22 heavy (non-hydrogen) atoms. The molecule has 0 bridgehead atoms. The molecule has 1 fully saturated rings. The van der Waals surface area contributed by atoms with Gasteiger partial charge in [0.25, 0.3) is 0 Å². The number of hydrogen-bond acceptors (Lipinski definition) is 6. The molecule has 1 heterocycles. The van der Waals surface area contributed by atoms with E-state index < -0.39 is 0 Å². The number of aldehydes is 1. The summed E-state index contributed by atoms with van der Waals surface area (Å²) in [6.07, 6.45) is 2.86. The standard InChI is InChI=1S/C15H20ClNO3S2/c1-3-20-14(19)13-8-22-15(17-13)21-5-4-10-11(7-18)9(2)6-12(10)16/h7-12H,3-6H2,1-2H3/t9-,10?,11+,12-/m1/s1. The minimum absolute atomic E-state index is 0.0643. The molecule has 1 aliphatic rings. The van der Waals surface area contributed by atoms with E-state index in [0.29, 0.717) is 18.2 Å². The maximum Gasteiger partial charge on any atom is 0.357 e. The molecule has 1 unspecified atom stereocenters. The number of esters is 1. The highest BCUT2D eigenvalue weighted by atomic mass is 35.5. The van der Waals surface area contributed by atoms with Crippen LogP contribution >= 0.6 is 34.7 Å². The van der Waals surface area contributed by atoms with Crippen molar-refractivity contribution < 1.29 is 14.3 Å². The highest BCUT2D eigenvalue weighted by Gasteiger charge is 2.39. The number of alkyl halides is 1. The third-order valence-corrected chi connectivity index (χ3v) is 6.57. The predicted molar refractivity (Wildman–Crippen MR) is 89.9 cm³/mol. The Morgan fingerprint density at radius 3 is 3.09 bits per heavy atom. The molecule has 1 aromatic rings. The molecule has 2 rings (SSSR count). The van der Waals surface area contributed by atoms with Crippen LogP contribution in [0.25, 0.3) is 0 Å². The van der Waals surface area contributed by atoms with Gasteiger partial charge in [-0.05, 0) is 31.6 Å². The predicted octanol–water partition coefficient (Wildman–Crippen LogP) is 3.88. The molecule has 4 nitrogen and oxygen atoms in total. The summed E-state index contributed by atoms with van der Waals surface area (Å²) < 4.78 is 5.77. The summed E-state index contributed by atoms with van der Waals surface area (Å²) in [6.45, 7) is 4.21. The van der Waals surface area contributed by atoms with E-state index in [1.165, 1.54) is 11.3 Å². The van der Waals surface area contributed by atoms with Gasteiger partial charge in [0.15, 0.2) is 10.0 Å². The monoisotopic (exact) mass is 361 g/mol. The van der Waals surface area contributed by atoms with Crippen LogP contribution in [0.4, 0.5) is 0 Å². The van der Waals surface area contributed by atoms with E-state index in [-0.39, 0.29) is 23.2 Å². The fourth-order valence-electron chi connectivity index (χ4n) is 2.86. The first-order chi connectivity index (χ1) is 10.6. The van der Waals surface area contributed by atoms with Crippen molar-refractivity contribution in [2.45, 2.75) is 36.4 Å². The normalized spacial score (nSPS) is 27.8. The molecule has 0 aliphatic heterocycles. The van der Waals surface area contributed by atoms with Crippen molar-refractivity contribution in [3.63, 3.8) is 0 Å². The molecule has 122 valence electrons. The van der Waals surface area contributed by atoms with Gasteiger partial charge in [0, 0.05) is 22.4 Å². The topological polar surface area (TPSA) is 56.3 Å². The van der Waals surface area contributed by atoms with Gasteiger partial charge >= 0.3 is 5.97 Å². The Balaban J connectivity index is 1.83. The third kappa shape index (κ3) is 4.24. The molecule has 0 N–H and O–H groups in total. The van der Waals surface area contributed by atoms with Crippen LogP contribution < -0.4 is 0 Å². The summed E-state index contributed by atoms with van der Waals surface area (Å²) in [4.78, 5) is 27.0. The Morgan fingerprint density at radius 1 is 1.64 bits per heavy atom. The maximum atomic E-state index is 11.6. The molecule has 0 saturated heterocycles. The fourth-order valence-corrected chi connectivity index (χ4v) is 5.34. The smallest absolute Gasteiger partial charge is 0.357 e. The number of thioether (sulfide) groups is 1. The van der Waals surface area contributed by atoms with Crippen LogP contribution in [0, 0.1) is 17.8 Å². The average Bonchev–Trinajstić information content (AvgIpc) is 3.05. The Morgan fingerprint density at radius 2 is 2.41 bits per heavy atom. The van der Waals surface area contributed by atoms with Crippen LogP contribution in [0.5, 0.6) is 0 Å². The number of carbonyl (C=O) groups excluding carboxylic acids is 2. The molecule has 0 radical (unpaired) electrons. The summed E-state index contributed by atoms with van der Waals surface area (Å²) >= 11 is 9.41. The highest BCUT2D eigenvalue weighted by Crippen LogP contribution is 2.41. The summed E-state index contributed by atoms with van der Waals surface area (Å²) in [6, 6.07) is 0. The minimum Gasteiger partial charge on any atom is -0.461 e. The van der Waals surface area contributed by atoms with Gasteiger partial charge in [0.2, 0.25) is 0 Å². The second-order valence-corrected chi connectivity index (χ2v) is 8.22. The number of rotatable bonds is 7. The Kier molecular flexibility index (Phi) is 6.71. The molecule has 1 aromatic heterocycles. The van der Waals surface area contributed by atoms with E-state index in [2.05, 4.69) is 11.9 Å². The van der Waals surface area contributed by atoms with Crippen molar-refractivity contribution in [3.8, 4) is 0 Å². The fraction of sp³-hybridized carbons (Fsp3) is 0.667. The van der Waals surface area contributed by atoms with Crippen molar-refractivity contribution in [2.75, 3.05) is 12.4 Å². The second-order valence-electron chi connectivity index (χ2n) is 5.46. The average molecular weight is 362 g/mol. The van der Waals surface area contributed by atoms with Gasteiger partial charge in [0.05, 0.1) is 6.61 Å². The number of halogens is 1. The quantitative estimate of drug-likeness (QED) is 0.319. The van der Waals surface area contributed by atoms with E-state index >= 15 is 0 Å². The van der Waals surface area contributed by atoms with Gasteiger partial charge in [-0.25, -0.2) is 9.78 Å². The van der Waals surface area contributed by atoms with Crippen molar-refractivity contribution in [1.82, 2.24) is 4.98 Å². The number of aromatic nitrogens is 1. The van der Waals surface area contributed by atoms with Crippen molar-refractivity contribution >= 4 is 47.0 Å². The zero-order valence-electron chi connectivity index (χ0n) is 12.7. The van der Waals surface area contributed by atoms with Crippen molar-refractivity contribution in [3.05, 3.63) is 11.1 Å². The Bertz CT molecular complexity index is 523. The lowest BCUT2D eigenvalue weighted by molar-refractivity contribution is -0.113. The van der Waals surface area contributed by atoms with E-state index in [9.17, 15) is 9.59 Å². The number of carbonyl (C=O) groups is 2. The molecule has 1 aliphatic carbocycles. The van der Waals surface area contributed by atoms with Gasteiger partial charge in [-0.3, -0.25) is 0 Å². The zero-order valence-corrected chi connectivity index (χ0v) is 15.0. The maximum absolute atomic E-state index is 11.6. The Labute approximate surface area is 144 Å². The molecule has 7 heteroatoms. The second kappa shape index (κ2) is 8.31. The van der Waals surface area contributed by atoms with E-state index in [1.807, 2.05) is 0 Å². The van der Waals surface area contributed by atoms with Gasteiger partial charge in [-0.2, -0.15) is 0 Å². The van der Waals surface area contributed by atoms with Gasteiger partial charge in [-0.15, -0.1) is 22.9 Å². The van der Waals surface area contributed by atoms with Crippen LogP contribution in [-0.4, -0.2) is 35.0 Å². The first kappa shape index (κ1) is 17.8. The van der Waals surface area contributed by atoms with E-state index in [4.69, 9.17) is 16.3 Å². The first-order valence-electron chi connectivity index (χ1n) is 7.41.